The van der Waals surface area contributed by atoms with E-state index < -0.39 is 10.0 Å². The molecular formula is C10H23N3O3S. The van der Waals surface area contributed by atoms with Crippen molar-refractivity contribution < 1.29 is 13.2 Å². The lowest BCUT2D eigenvalue weighted by Gasteiger charge is -2.13. The van der Waals surface area contributed by atoms with E-state index in [1.165, 1.54) is 0 Å². The van der Waals surface area contributed by atoms with Gasteiger partial charge < -0.3 is 15.0 Å². The maximum Gasteiger partial charge on any atom is 0.215 e. The van der Waals surface area contributed by atoms with E-state index in [0.29, 0.717) is 32.7 Å². The monoisotopic (exact) mass is 265 g/mol. The second kappa shape index (κ2) is 7.27. The lowest BCUT2D eigenvalue weighted by Crippen LogP contribution is -2.37. The Labute approximate surface area is 104 Å². The summed E-state index contributed by atoms with van der Waals surface area (Å²) in [7, 11) is 0.776. The Morgan fingerprint density at radius 3 is 2.76 bits per heavy atom. The zero-order valence-electron chi connectivity index (χ0n) is 10.6. The molecule has 0 amide bonds. The topological polar surface area (TPSA) is 70.7 Å². The molecule has 17 heavy (non-hydrogen) atoms. The third-order valence-electron chi connectivity index (χ3n) is 2.69. The molecule has 1 atom stereocenters. The van der Waals surface area contributed by atoms with Gasteiger partial charge in [-0.25, -0.2) is 13.1 Å². The minimum atomic E-state index is -3.17. The average Bonchev–Trinajstić information content (AvgIpc) is 2.76. The Morgan fingerprint density at radius 1 is 1.41 bits per heavy atom. The van der Waals surface area contributed by atoms with Gasteiger partial charge in [-0.3, -0.25) is 0 Å². The van der Waals surface area contributed by atoms with Gasteiger partial charge in [-0.15, -0.1) is 0 Å². The normalized spacial score (nSPS) is 21.2. The standard InChI is InChI=1S/C10H23N3O3S/c1-13(2)6-8-16-7-5-12-17(14,15)10-3-4-11-9-10/h10-12H,3-9H2,1-2H3. The SMILES string of the molecule is CN(C)CCOCCNS(=O)(=O)C1CCNC1. The molecule has 0 aromatic carbocycles. The van der Waals surface area contributed by atoms with Crippen molar-refractivity contribution in [1.29, 1.82) is 0 Å². The number of hydrogen-bond acceptors (Lipinski definition) is 5. The van der Waals surface area contributed by atoms with Gasteiger partial charge in [0.2, 0.25) is 10.0 Å². The fourth-order valence-electron chi connectivity index (χ4n) is 1.62. The molecule has 1 saturated heterocycles. The van der Waals surface area contributed by atoms with E-state index in [2.05, 4.69) is 10.0 Å². The highest BCUT2D eigenvalue weighted by atomic mass is 32.2. The fourth-order valence-corrected chi connectivity index (χ4v) is 2.99. The summed E-state index contributed by atoms with van der Waals surface area (Å²) >= 11 is 0. The first-order chi connectivity index (χ1) is 8.02. The van der Waals surface area contributed by atoms with Crippen LogP contribution in [0, 0.1) is 0 Å². The number of hydrogen-bond donors (Lipinski definition) is 2. The van der Waals surface area contributed by atoms with Gasteiger partial charge in [-0.1, -0.05) is 0 Å². The summed E-state index contributed by atoms with van der Waals surface area (Å²) in [4.78, 5) is 2.02. The Bertz CT molecular complexity index is 300. The molecule has 1 heterocycles. The van der Waals surface area contributed by atoms with Crippen LogP contribution in [0.15, 0.2) is 0 Å². The summed E-state index contributed by atoms with van der Waals surface area (Å²) in [5, 5.41) is 2.76. The number of nitrogens with zero attached hydrogens (tertiary/aromatic N) is 1. The van der Waals surface area contributed by atoms with Crippen LogP contribution in [0.4, 0.5) is 0 Å². The van der Waals surface area contributed by atoms with Crippen molar-refractivity contribution in [3.05, 3.63) is 0 Å². The van der Waals surface area contributed by atoms with Gasteiger partial charge in [0.25, 0.3) is 0 Å². The quantitative estimate of drug-likeness (QED) is 0.542. The van der Waals surface area contributed by atoms with Gasteiger partial charge in [-0.05, 0) is 27.1 Å². The molecule has 0 spiro atoms. The summed E-state index contributed by atoms with van der Waals surface area (Å²) in [6, 6.07) is 0. The van der Waals surface area contributed by atoms with Crippen LogP contribution in [0.25, 0.3) is 0 Å². The summed E-state index contributed by atoms with van der Waals surface area (Å²) in [5.41, 5.74) is 0. The van der Waals surface area contributed by atoms with Crippen LogP contribution in [-0.4, -0.2) is 72.1 Å². The predicted octanol–water partition coefficient (Wildman–Crippen LogP) is -1.15. The first-order valence-corrected chi connectivity index (χ1v) is 7.48. The van der Waals surface area contributed by atoms with Crippen molar-refractivity contribution in [2.45, 2.75) is 11.7 Å². The van der Waals surface area contributed by atoms with Crippen LogP contribution in [0.3, 0.4) is 0 Å². The number of nitrogens with one attached hydrogen (secondary N) is 2. The van der Waals surface area contributed by atoms with Gasteiger partial charge in [-0.2, -0.15) is 0 Å². The van der Waals surface area contributed by atoms with Gasteiger partial charge >= 0.3 is 0 Å². The van der Waals surface area contributed by atoms with E-state index in [4.69, 9.17) is 4.74 Å². The highest BCUT2D eigenvalue weighted by Crippen LogP contribution is 2.07. The van der Waals surface area contributed by atoms with Crippen molar-refractivity contribution in [3.63, 3.8) is 0 Å². The molecule has 0 saturated carbocycles. The second-order valence-corrected chi connectivity index (χ2v) is 6.52. The minimum Gasteiger partial charge on any atom is -0.379 e. The van der Waals surface area contributed by atoms with Crippen molar-refractivity contribution in [2.24, 2.45) is 0 Å². The number of likely N-dealkylation sites (N-methyl/N-ethyl adjacent to an activating group) is 1. The summed E-state index contributed by atoms with van der Waals surface area (Å²) in [5.74, 6) is 0. The van der Waals surface area contributed by atoms with Gasteiger partial charge in [0.05, 0.1) is 18.5 Å². The minimum absolute atomic E-state index is 0.288. The third-order valence-corrected chi connectivity index (χ3v) is 4.57. The molecule has 1 rings (SSSR count). The Kier molecular flexibility index (Phi) is 6.35. The van der Waals surface area contributed by atoms with Crippen LogP contribution in [0.1, 0.15) is 6.42 Å². The van der Waals surface area contributed by atoms with Gasteiger partial charge in [0.1, 0.15) is 0 Å². The second-order valence-electron chi connectivity index (χ2n) is 4.47. The van der Waals surface area contributed by atoms with E-state index in [0.717, 1.165) is 13.1 Å². The molecule has 1 aliphatic heterocycles. The van der Waals surface area contributed by atoms with Crippen LogP contribution in [-0.2, 0) is 14.8 Å². The Balaban J connectivity index is 2.09. The number of rotatable bonds is 8. The molecule has 102 valence electrons. The van der Waals surface area contributed by atoms with Gasteiger partial charge in [0, 0.05) is 19.6 Å². The molecule has 0 aliphatic carbocycles. The first kappa shape index (κ1) is 14.8. The molecule has 1 aliphatic rings. The summed E-state index contributed by atoms with van der Waals surface area (Å²) in [6.45, 7) is 3.58. The molecule has 0 radical (unpaired) electrons. The van der Waals surface area contributed by atoms with E-state index in [-0.39, 0.29) is 5.25 Å². The van der Waals surface area contributed by atoms with Crippen molar-refractivity contribution >= 4 is 10.0 Å². The molecule has 2 N–H and O–H groups in total. The lowest BCUT2D eigenvalue weighted by molar-refractivity contribution is 0.122. The zero-order chi connectivity index (χ0) is 12.7. The average molecular weight is 265 g/mol. The van der Waals surface area contributed by atoms with E-state index in [1.807, 2.05) is 19.0 Å². The Morgan fingerprint density at radius 2 is 2.18 bits per heavy atom. The molecule has 0 aromatic rings. The summed E-state index contributed by atoms with van der Waals surface area (Å²) < 4.78 is 31.4. The predicted molar refractivity (Wildman–Crippen MR) is 67.6 cm³/mol. The largest absolute Gasteiger partial charge is 0.379 e. The van der Waals surface area contributed by atoms with Crippen LogP contribution < -0.4 is 10.0 Å². The lowest BCUT2D eigenvalue weighted by atomic mass is 10.4. The maximum atomic E-state index is 11.8. The molecule has 0 bridgehead atoms. The summed E-state index contributed by atoms with van der Waals surface area (Å²) in [6.07, 6.45) is 0.691. The third kappa shape index (κ3) is 5.78. The van der Waals surface area contributed by atoms with Crippen molar-refractivity contribution in [2.75, 3.05) is 53.5 Å². The first-order valence-electron chi connectivity index (χ1n) is 5.94. The molecular weight excluding hydrogens is 242 g/mol. The maximum absolute atomic E-state index is 11.8. The van der Waals surface area contributed by atoms with Crippen LogP contribution in [0.5, 0.6) is 0 Å². The molecule has 1 fully saturated rings. The highest BCUT2D eigenvalue weighted by Gasteiger charge is 2.27. The molecule has 1 unspecified atom stereocenters. The fraction of sp³-hybridized carbons (Fsp3) is 1.00. The number of sulfonamides is 1. The highest BCUT2D eigenvalue weighted by molar-refractivity contribution is 7.90. The van der Waals surface area contributed by atoms with E-state index >= 15 is 0 Å². The number of ether oxygens (including phenoxy) is 1. The van der Waals surface area contributed by atoms with E-state index in [1.54, 1.807) is 0 Å². The van der Waals surface area contributed by atoms with Crippen LogP contribution >= 0.6 is 0 Å². The van der Waals surface area contributed by atoms with Crippen molar-refractivity contribution in [3.8, 4) is 0 Å². The zero-order valence-corrected chi connectivity index (χ0v) is 11.4. The van der Waals surface area contributed by atoms with E-state index in [9.17, 15) is 8.42 Å². The van der Waals surface area contributed by atoms with Gasteiger partial charge in [0.15, 0.2) is 0 Å². The van der Waals surface area contributed by atoms with Crippen molar-refractivity contribution in [1.82, 2.24) is 14.9 Å². The molecule has 0 aromatic heterocycles. The van der Waals surface area contributed by atoms with Crippen LogP contribution in [0.2, 0.25) is 0 Å². The molecule has 6 nitrogen and oxygen atoms in total. The Hall–Kier alpha value is -0.210. The smallest absolute Gasteiger partial charge is 0.215 e. The molecule has 7 heteroatoms.